The summed E-state index contributed by atoms with van der Waals surface area (Å²) in [7, 11) is 1.68. The van der Waals surface area contributed by atoms with Gasteiger partial charge in [0.25, 0.3) is 0 Å². The number of hydrogen-bond donors (Lipinski definition) is 1. The lowest BCUT2D eigenvalue weighted by molar-refractivity contribution is 0.317. The first-order valence-corrected chi connectivity index (χ1v) is 5.87. The average molecular weight is 241 g/mol. The van der Waals surface area contributed by atoms with Gasteiger partial charge in [-0.1, -0.05) is 11.6 Å². The topological polar surface area (TPSA) is 38.5 Å². The van der Waals surface area contributed by atoms with E-state index in [0.717, 1.165) is 42.4 Å². The molecular formula is C12H17ClN2O. The molecule has 0 aromatic heterocycles. The van der Waals surface area contributed by atoms with Gasteiger partial charge < -0.3 is 10.5 Å². The van der Waals surface area contributed by atoms with E-state index in [9.17, 15) is 0 Å². The van der Waals surface area contributed by atoms with Crippen LogP contribution in [-0.4, -0.2) is 31.1 Å². The molecule has 0 saturated carbocycles. The second-order valence-electron chi connectivity index (χ2n) is 4.24. The number of benzene rings is 1. The van der Waals surface area contributed by atoms with Crippen LogP contribution >= 0.6 is 11.6 Å². The van der Waals surface area contributed by atoms with Gasteiger partial charge in [-0.05, 0) is 24.6 Å². The first-order chi connectivity index (χ1) is 7.69. The predicted molar refractivity (Wildman–Crippen MR) is 65.9 cm³/mol. The van der Waals surface area contributed by atoms with E-state index in [0.29, 0.717) is 6.04 Å². The van der Waals surface area contributed by atoms with E-state index in [1.54, 1.807) is 7.11 Å². The van der Waals surface area contributed by atoms with Crippen molar-refractivity contribution in [1.29, 1.82) is 0 Å². The molecule has 16 heavy (non-hydrogen) atoms. The fourth-order valence-electron chi connectivity index (χ4n) is 2.12. The zero-order valence-electron chi connectivity index (χ0n) is 9.45. The number of ether oxygens (including phenoxy) is 1. The van der Waals surface area contributed by atoms with Gasteiger partial charge in [-0.3, -0.25) is 4.90 Å². The van der Waals surface area contributed by atoms with Gasteiger partial charge in [-0.2, -0.15) is 0 Å². The van der Waals surface area contributed by atoms with Gasteiger partial charge in [0.05, 0.1) is 7.11 Å². The first kappa shape index (κ1) is 11.7. The second kappa shape index (κ2) is 5.04. The normalized spacial score (nSPS) is 21.3. The maximum Gasteiger partial charge on any atom is 0.123 e. The predicted octanol–water partition coefficient (Wildman–Crippen LogP) is 1.88. The van der Waals surface area contributed by atoms with E-state index < -0.39 is 0 Å². The van der Waals surface area contributed by atoms with Crippen molar-refractivity contribution in [2.75, 3.05) is 20.2 Å². The van der Waals surface area contributed by atoms with Crippen molar-refractivity contribution in [2.24, 2.45) is 5.73 Å². The Labute approximate surface area is 101 Å². The average Bonchev–Trinajstić information content (AvgIpc) is 2.64. The molecule has 1 fully saturated rings. The van der Waals surface area contributed by atoms with Crippen LogP contribution in [0.15, 0.2) is 18.2 Å². The summed E-state index contributed by atoms with van der Waals surface area (Å²) in [6.07, 6.45) is 1.07. The number of methoxy groups -OCH3 is 1. The molecule has 0 unspecified atom stereocenters. The van der Waals surface area contributed by atoms with Crippen molar-refractivity contribution in [1.82, 2.24) is 4.90 Å². The molecule has 3 nitrogen and oxygen atoms in total. The summed E-state index contributed by atoms with van der Waals surface area (Å²) >= 11 is 5.99. The lowest BCUT2D eigenvalue weighted by Crippen LogP contribution is -2.26. The van der Waals surface area contributed by atoms with Crippen LogP contribution in [-0.2, 0) is 6.54 Å². The van der Waals surface area contributed by atoms with Crippen LogP contribution in [0.5, 0.6) is 5.75 Å². The highest BCUT2D eigenvalue weighted by atomic mass is 35.5. The Morgan fingerprint density at radius 3 is 3.00 bits per heavy atom. The number of nitrogens with zero attached hydrogens (tertiary/aromatic N) is 1. The number of likely N-dealkylation sites (tertiary alicyclic amines) is 1. The molecular weight excluding hydrogens is 224 g/mol. The van der Waals surface area contributed by atoms with Crippen LogP contribution in [0.3, 0.4) is 0 Å². The van der Waals surface area contributed by atoms with Crippen molar-refractivity contribution < 1.29 is 4.74 Å². The van der Waals surface area contributed by atoms with E-state index in [1.807, 2.05) is 18.2 Å². The molecule has 1 atom stereocenters. The van der Waals surface area contributed by atoms with Crippen LogP contribution in [0.2, 0.25) is 5.02 Å². The van der Waals surface area contributed by atoms with E-state index >= 15 is 0 Å². The van der Waals surface area contributed by atoms with E-state index in [2.05, 4.69) is 4.90 Å². The Morgan fingerprint density at radius 1 is 1.56 bits per heavy atom. The van der Waals surface area contributed by atoms with Gasteiger partial charge in [0.1, 0.15) is 5.75 Å². The summed E-state index contributed by atoms with van der Waals surface area (Å²) in [6, 6.07) is 6.03. The molecule has 0 bridgehead atoms. The van der Waals surface area contributed by atoms with Crippen molar-refractivity contribution in [3.63, 3.8) is 0 Å². The molecule has 4 heteroatoms. The van der Waals surface area contributed by atoms with Crippen LogP contribution in [0.1, 0.15) is 12.0 Å². The van der Waals surface area contributed by atoms with Crippen molar-refractivity contribution in [3.8, 4) is 5.75 Å². The Kier molecular flexibility index (Phi) is 3.69. The summed E-state index contributed by atoms with van der Waals surface area (Å²) in [5.41, 5.74) is 7.01. The Morgan fingerprint density at radius 2 is 2.38 bits per heavy atom. The molecule has 0 amide bonds. The van der Waals surface area contributed by atoms with Gasteiger partial charge in [-0.25, -0.2) is 0 Å². The van der Waals surface area contributed by atoms with Crippen LogP contribution in [0, 0.1) is 0 Å². The maximum absolute atomic E-state index is 5.99. The SMILES string of the molecule is COc1ccc(Cl)cc1CN1CC[C@@H](N)C1. The highest BCUT2D eigenvalue weighted by Gasteiger charge is 2.20. The van der Waals surface area contributed by atoms with Gasteiger partial charge in [0, 0.05) is 36.3 Å². The van der Waals surface area contributed by atoms with E-state index in [1.165, 1.54) is 0 Å². The third-order valence-corrected chi connectivity index (χ3v) is 3.18. The van der Waals surface area contributed by atoms with Crippen LogP contribution in [0.4, 0.5) is 0 Å². The minimum Gasteiger partial charge on any atom is -0.496 e. The summed E-state index contributed by atoms with van der Waals surface area (Å²) in [6.45, 7) is 2.87. The highest BCUT2D eigenvalue weighted by Crippen LogP contribution is 2.25. The lowest BCUT2D eigenvalue weighted by Gasteiger charge is -2.17. The Balaban J connectivity index is 2.10. The third-order valence-electron chi connectivity index (χ3n) is 2.95. The molecule has 0 aliphatic carbocycles. The minimum absolute atomic E-state index is 0.310. The van der Waals surface area contributed by atoms with Crippen molar-refractivity contribution in [3.05, 3.63) is 28.8 Å². The zero-order valence-corrected chi connectivity index (χ0v) is 10.2. The largest absolute Gasteiger partial charge is 0.496 e. The quantitative estimate of drug-likeness (QED) is 0.877. The summed E-state index contributed by atoms with van der Waals surface area (Å²) in [5, 5.41) is 0.749. The second-order valence-corrected chi connectivity index (χ2v) is 4.68. The zero-order chi connectivity index (χ0) is 11.5. The Bertz CT molecular complexity index is 370. The fourth-order valence-corrected chi connectivity index (χ4v) is 2.31. The van der Waals surface area contributed by atoms with Gasteiger partial charge in [0.15, 0.2) is 0 Å². The standard InChI is InChI=1S/C12H17ClN2O/c1-16-12-3-2-10(13)6-9(12)7-15-5-4-11(14)8-15/h2-3,6,11H,4-5,7-8,14H2,1H3/t11-/m1/s1. The molecule has 1 heterocycles. The summed E-state index contributed by atoms with van der Waals surface area (Å²) in [4.78, 5) is 2.33. The van der Waals surface area contributed by atoms with Gasteiger partial charge in [0.2, 0.25) is 0 Å². The molecule has 1 saturated heterocycles. The van der Waals surface area contributed by atoms with Crippen molar-refractivity contribution in [2.45, 2.75) is 19.0 Å². The summed E-state index contributed by atoms with van der Waals surface area (Å²) in [5.74, 6) is 0.893. The van der Waals surface area contributed by atoms with E-state index in [4.69, 9.17) is 22.1 Å². The van der Waals surface area contributed by atoms with E-state index in [-0.39, 0.29) is 0 Å². The minimum atomic E-state index is 0.310. The molecule has 1 aliphatic rings. The highest BCUT2D eigenvalue weighted by molar-refractivity contribution is 6.30. The molecule has 0 radical (unpaired) electrons. The summed E-state index contributed by atoms with van der Waals surface area (Å²) < 4.78 is 5.32. The number of nitrogens with two attached hydrogens (primary N) is 1. The molecule has 88 valence electrons. The van der Waals surface area contributed by atoms with Crippen LogP contribution in [0.25, 0.3) is 0 Å². The molecule has 1 aromatic carbocycles. The number of halogens is 1. The third kappa shape index (κ3) is 2.67. The van der Waals surface area contributed by atoms with Gasteiger partial charge in [-0.15, -0.1) is 0 Å². The molecule has 1 aromatic rings. The molecule has 2 N–H and O–H groups in total. The van der Waals surface area contributed by atoms with Crippen LogP contribution < -0.4 is 10.5 Å². The molecule has 0 spiro atoms. The monoisotopic (exact) mass is 240 g/mol. The lowest BCUT2D eigenvalue weighted by atomic mass is 10.2. The Hall–Kier alpha value is -0.770. The van der Waals surface area contributed by atoms with Gasteiger partial charge >= 0.3 is 0 Å². The fraction of sp³-hybridized carbons (Fsp3) is 0.500. The molecule has 2 rings (SSSR count). The first-order valence-electron chi connectivity index (χ1n) is 5.49. The number of rotatable bonds is 3. The number of hydrogen-bond acceptors (Lipinski definition) is 3. The maximum atomic E-state index is 5.99. The smallest absolute Gasteiger partial charge is 0.123 e. The van der Waals surface area contributed by atoms with Crippen molar-refractivity contribution >= 4 is 11.6 Å². The molecule has 1 aliphatic heterocycles.